The number of ether oxygens (including phenoxy) is 3. The van der Waals surface area contributed by atoms with Gasteiger partial charge < -0.3 is 19.2 Å². The van der Waals surface area contributed by atoms with Gasteiger partial charge in [-0.05, 0) is 48.0 Å². The van der Waals surface area contributed by atoms with Crippen molar-refractivity contribution in [3.8, 4) is 17.2 Å². The molecule has 1 aliphatic heterocycles. The van der Waals surface area contributed by atoms with Gasteiger partial charge in [-0.3, -0.25) is 9.59 Å². The number of H-pyrrole nitrogens is 1. The van der Waals surface area contributed by atoms with E-state index in [1.807, 2.05) is 12.1 Å². The van der Waals surface area contributed by atoms with E-state index in [4.69, 9.17) is 14.2 Å². The largest absolute Gasteiger partial charge is 0.497 e. The van der Waals surface area contributed by atoms with Gasteiger partial charge in [0.1, 0.15) is 5.75 Å². The van der Waals surface area contributed by atoms with Gasteiger partial charge in [-0.15, -0.1) is 11.3 Å². The molecule has 0 amide bonds. The van der Waals surface area contributed by atoms with Crippen molar-refractivity contribution in [1.29, 1.82) is 0 Å². The summed E-state index contributed by atoms with van der Waals surface area (Å²) in [5.74, 6) is 1.83. The Morgan fingerprint density at radius 3 is 2.70 bits per heavy atom. The first-order valence-corrected chi connectivity index (χ1v) is 8.95. The molecule has 0 aliphatic carbocycles. The SMILES string of the molecule is COc1ccc(C(=O)/C=c2\[nH]c(=O)/c(=C\c3ccc4c(c3)OCO4)s2)cc1. The molecule has 0 unspecified atom stereocenters. The molecule has 2 heterocycles. The van der Waals surface area contributed by atoms with Crippen LogP contribution in [0.15, 0.2) is 47.3 Å². The van der Waals surface area contributed by atoms with Crippen molar-refractivity contribution in [3.63, 3.8) is 0 Å². The number of nitrogens with one attached hydrogen (secondary N) is 1. The van der Waals surface area contributed by atoms with Gasteiger partial charge in [0.25, 0.3) is 5.56 Å². The number of Topliss-reactive ketones (excluding diaryl/α,β-unsaturated/α-hetero) is 1. The summed E-state index contributed by atoms with van der Waals surface area (Å²) < 4.78 is 16.7. The molecule has 136 valence electrons. The fourth-order valence-corrected chi connectivity index (χ4v) is 3.52. The van der Waals surface area contributed by atoms with Crippen molar-refractivity contribution in [2.24, 2.45) is 0 Å². The number of hydrogen-bond acceptors (Lipinski definition) is 6. The van der Waals surface area contributed by atoms with Gasteiger partial charge >= 0.3 is 0 Å². The lowest BCUT2D eigenvalue weighted by molar-refractivity contribution is 0.106. The number of aromatic nitrogens is 1. The van der Waals surface area contributed by atoms with Crippen LogP contribution >= 0.6 is 11.3 Å². The molecule has 7 heteroatoms. The van der Waals surface area contributed by atoms with Gasteiger partial charge in [0, 0.05) is 11.6 Å². The number of aromatic amines is 1. The molecule has 27 heavy (non-hydrogen) atoms. The van der Waals surface area contributed by atoms with Crippen LogP contribution in [-0.2, 0) is 0 Å². The highest BCUT2D eigenvalue weighted by atomic mass is 32.1. The number of carbonyl (C=O) groups is 1. The van der Waals surface area contributed by atoms with Crippen LogP contribution in [-0.4, -0.2) is 24.7 Å². The Labute approximate surface area is 158 Å². The minimum atomic E-state index is -0.244. The number of benzene rings is 2. The third kappa shape index (κ3) is 3.63. The van der Waals surface area contributed by atoms with Crippen molar-refractivity contribution in [2.75, 3.05) is 13.9 Å². The number of ketones is 1. The fourth-order valence-electron chi connectivity index (χ4n) is 2.64. The zero-order valence-corrected chi connectivity index (χ0v) is 15.2. The van der Waals surface area contributed by atoms with Crippen LogP contribution in [0.5, 0.6) is 17.2 Å². The summed E-state index contributed by atoms with van der Waals surface area (Å²) in [5.41, 5.74) is 1.09. The molecule has 0 bridgehead atoms. The second-order valence-electron chi connectivity index (χ2n) is 5.78. The van der Waals surface area contributed by atoms with Gasteiger partial charge in [-0.25, -0.2) is 0 Å². The number of methoxy groups -OCH3 is 1. The topological polar surface area (TPSA) is 77.6 Å². The molecule has 1 aliphatic rings. The molecule has 0 saturated carbocycles. The van der Waals surface area contributed by atoms with Crippen molar-refractivity contribution >= 4 is 29.3 Å². The lowest BCUT2D eigenvalue weighted by Crippen LogP contribution is -2.20. The van der Waals surface area contributed by atoms with E-state index >= 15 is 0 Å². The molecule has 2 aromatic carbocycles. The Bertz CT molecular complexity index is 1170. The predicted octanol–water partition coefficient (Wildman–Crippen LogP) is 1.67. The summed E-state index contributed by atoms with van der Waals surface area (Å²) in [6, 6.07) is 12.3. The Kier molecular flexibility index (Phi) is 4.52. The van der Waals surface area contributed by atoms with Gasteiger partial charge in [-0.1, -0.05) is 6.07 Å². The summed E-state index contributed by atoms with van der Waals surface area (Å²) in [7, 11) is 1.57. The van der Waals surface area contributed by atoms with E-state index in [0.717, 1.165) is 5.56 Å². The highest BCUT2D eigenvalue weighted by molar-refractivity contribution is 7.07. The molecular formula is C20H15NO5S. The Hall–Kier alpha value is -3.32. The number of thiazole rings is 1. The van der Waals surface area contributed by atoms with Gasteiger partial charge in [0.15, 0.2) is 17.3 Å². The first kappa shape index (κ1) is 17.1. The lowest BCUT2D eigenvalue weighted by Gasteiger charge is -1.99. The molecule has 1 aromatic heterocycles. The average molecular weight is 381 g/mol. The van der Waals surface area contributed by atoms with E-state index in [2.05, 4.69) is 4.98 Å². The Morgan fingerprint density at radius 1 is 1.15 bits per heavy atom. The second-order valence-corrected chi connectivity index (χ2v) is 6.86. The maximum absolute atomic E-state index is 12.4. The summed E-state index contributed by atoms with van der Waals surface area (Å²) in [4.78, 5) is 27.3. The summed E-state index contributed by atoms with van der Waals surface area (Å²) in [6.07, 6.45) is 3.17. The molecular weight excluding hydrogens is 366 g/mol. The highest BCUT2D eigenvalue weighted by Crippen LogP contribution is 2.32. The monoisotopic (exact) mass is 381 g/mol. The van der Waals surface area contributed by atoms with Crippen LogP contribution < -0.4 is 29.0 Å². The summed E-state index contributed by atoms with van der Waals surface area (Å²) in [5, 5.41) is 0. The minimum absolute atomic E-state index is 0.190. The van der Waals surface area contributed by atoms with Crippen LogP contribution in [0.3, 0.4) is 0 Å². The Morgan fingerprint density at radius 2 is 1.93 bits per heavy atom. The zero-order valence-electron chi connectivity index (χ0n) is 14.4. The predicted molar refractivity (Wildman–Crippen MR) is 102 cm³/mol. The molecule has 4 rings (SSSR count). The van der Waals surface area contributed by atoms with E-state index in [-0.39, 0.29) is 18.1 Å². The van der Waals surface area contributed by atoms with E-state index in [9.17, 15) is 9.59 Å². The standard InChI is InChI=1S/C20H15NO5S/c1-24-14-5-3-13(4-6-14)15(22)10-19-21-20(23)18(27-19)9-12-2-7-16-17(8-12)26-11-25-16/h2-10H,11H2,1H3,(H,21,23)/b18-9+,19-10+. The van der Waals surface area contributed by atoms with Gasteiger partial charge in [0.05, 0.1) is 16.3 Å². The molecule has 3 aromatic rings. The molecule has 0 atom stereocenters. The van der Waals surface area contributed by atoms with Gasteiger partial charge in [0.2, 0.25) is 6.79 Å². The van der Waals surface area contributed by atoms with Crippen molar-refractivity contribution in [1.82, 2.24) is 4.98 Å². The lowest BCUT2D eigenvalue weighted by atomic mass is 10.1. The first-order chi connectivity index (χ1) is 13.1. The summed E-state index contributed by atoms with van der Waals surface area (Å²) in [6.45, 7) is 0.199. The molecule has 0 radical (unpaired) electrons. The molecule has 0 saturated heterocycles. The van der Waals surface area contributed by atoms with E-state index < -0.39 is 0 Å². The smallest absolute Gasteiger partial charge is 0.266 e. The van der Waals surface area contributed by atoms with Crippen molar-refractivity contribution in [2.45, 2.75) is 0 Å². The zero-order chi connectivity index (χ0) is 18.8. The third-order valence-corrected chi connectivity index (χ3v) is 4.97. The van der Waals surface area contributed by atoms with E-state index in [1.54, 1.807) is 43.5 Å². The van der Waals surface area contributed by atoms with Crippen LogP contribution in [0.1, 0.15) is 15.9 Å². The van der Waals surface area contributed by atoms with Gasteiger partial charge in [-0.2, -0.15) is 0 Å². The quantitative estimate of drug-likeness (QED) is 0.696. The van der Waals surface area contributed by atoms with Crippen LogP contribution in [0.4, 0.5) is 0 Å². The molecule has 0 fully saturated rings. The maximum Gasteiger partial charge on any atom is 0.266 e. The number of rotatable bonds is 4. The Balaban J connectivity index is 1.65. The van der Waals surface area contributed by atoms with Crippen LogP contribution in [0, 0.1) is 0 Å². The fraction of sp³-hybridized carbons (Fsp3) is 0.100. The highest BCUT2D eigenvalue weighted by Gasteiger charge is 2.12. The molecule has 6 nitrogen and oxygen atoms in total. The van der Waals surface area contributed by atoms with E-state index in [0.29, 0.717) is 32.0 Å². The van der Waals surface area contributed by atoms with E-state index in [1.165, 1.54) is 17.4 Å². The maximum atomic E-state index is 12.4. The van der Waals surface area contributed by atoms with Crippen molar-refractivity contribution in [3.05, 3.63) is 73.1 Å². The number of hydrogen-bond donors (Lipinski definition) is 1. The van der Waals surface area contributed by atoms with Crippen LogP contribution in [0.25, 0.3) is 12.2 Å². The number of carbonyl (C=O) groups excluding carboxylic acids is 1. The number of fused-ring (bicyclic) bond motifs is 1. The average Bonchev–Trinajstić information content (AvgIpc) is 3.28. The first-order valence-electron chi connectivity index (χ1n) is 8.13. The minimum Gasteiger partial charge on any atom is -0.497 e. The third-order valence-electron chi connectivity index (χ3n) is 4.01. The van der Waals surface area contributed by atoms with Crippen LogP contribution in [0.2, 0.25) is 0 Å². The molecule has 1 N–H and O–H groups in total. The second kappa shape index (κ2) is 7.13. The normalized spacial score (nSPS) is 13.8. The molecule has 0 spiro atoms. The van der Waals surface area contributed by atoms with Crippen molar-refractivity contribution < 1.29 is 19.0 Å². The summed E-state index contributed by atoms with van der Waals surface area (Å²) >= 11 is 1.22.